The highest BCUT2D eigenvalue weighted by Crippen LogP contribution is 2.31. The Kier molecular flexibility index (Phi) is 6.71. The van der Waals surface area contributed by atoms with E-state index in [0.29, 0.717) is 37.7 Å². The van der Waals surface area contributed by atoms with Crippen molar-refractivity contribution in [1.29, 1.82) is 0 Å². The molecule has 27 heavy (non-hydrogen) atoms. The van der Waals surface area contributed by atoms with Crippen LogP contribution in [-0.4, -0.2) is 62.4 Å². The summed E-state index contributed by atoms with van der Waals surface area (Å²) in [6.45, 7) is 15.2. The highest BCUT2D eigenvalue weighted by atomic mass is 32.2. The molecule has 1 aliphatic rings. The van der Waals surface area contributed by atoms with Gasteiger partial charge < -0.3 is 9.64 Å². The zero-order valence-corrected chi connectivity index (χ0v) is 18.4. The number of ether oxygens (including phenoxy) is 1. The molecule has 1 fully saturated rings. The van der Waals surface area contributed by atoms with E-state index in [4.69, 9.17) is 4.74 Å². The summed E-state index contributed by atoms with van der Waals surface area (Å²) >= 11 is 0. The number of sulfonamides is 1. The van der Waals surface area contributed by atoms with Gasteiger partial charge in [0.2, 0.25) is 10.0 Å². The molecule has 0 N–H and O–H groups in total. The first kappa shape index (κ1) is 21.9. The van der Waals surface area contributed by atoms with Crippen molar-refractivity contribution in [2.45, 2.75) is 59.5 Å². The van der Waals surface area contributed by atoms with Gasteiger partial charge in [-0.1, -0.05) is 0 Å². The predicted octanol–water partition coefficient (Wildman–Crippen LogP) is 2.49. The highest BCUT2D eigenvalue weighted by Gasteiger charge is 2.34. The van der Waals surface area contributed by atoms with Crippen molar-refractivity contribution in [3.63, 3.8) is 0 Å². The third-order valence-electron chi connectivity index (χ3n) is 5.84. The largest absolute Gasteiger partial charge is 0.369 e. The zero-order chi connectivity index (χ0) is 20.5. The fourth-order valence-electron chi connectivity index (χ4n) is 3.71. The molecule has 0 aliphatic carbocycles. The molecule has 1 aliphatic heterocycles. The summed E-state index contributed by atoms with van der Waals surface area (Å²) in [7, 11) is -3.60. The van der Waals surface area contributed by atoms with Crippen molar-refractivity contribution < 1.29 is 17.9 Å². The quantitative estimate of drug-likeness (QED) is 0.767. The van der Waals surface area contributed by atoms with E-state index in [2.05, 4.69) is 0 Å². The molecule has 0 saturated carbocycles. The summed E-state index contributed by atoms with van der Waals surface area (Å²) in [4.78, 5) is 14.5. The van der Waals surface area contributed by atoms with Gasteiger partial charge in [-0.05, 0) is 76.3 Å². The Labute approximate surface area is 163 Å². The number of rotatable bonds is 5. The van der Waals surface area contributed by atoms with Gasteiger partial charge in [0.1, 0.15) is 6.10 Å². The molecule has 0 radical (unpaired) electrons. The second kappa shape index (κ2) is 8.29. The summed E-state index contributed by atoms with van der Waals surface area (Å²) in [5, 5.41) is 0. The molecule has 0 aromatic heterocycles. The molecule has 1 unspecified atom stereocenters. The van der Waals surface area contributed by atoms with Gasteiger partial charge in [-0.15, -0.1) is 0 Å². The van der Waals surface area contributed by atoms with E-state index in [9.17, 15) is 13.2 Å². The minimum atomic E-state index is -3.60. The van der Waals surface area contributed by atoms with Crippen LogP contribution in [0.5, 0.6) is 0 Å². The Morgan fingerprint density at radius 2 is 1.37 bits per heavy atom. The molecule has 7 heteroatoms. The van der Waals surface area contributed by atoms with Crippen molar-refractivity contribution in [1.82, 2.24) is 9.21 Å². The first-order chi connectivity index (χ1) is 12.5. The topological polar surface area (TPSA) is 66.9 Å². The van der Waals surface area contributed by atoms with Gasteiger partial charge in [0.05, 0.1) is 4.90 Å². The fraction of sp³-hybridized carbons (Fsp3) is 0.650. The molecule has 1 atom stereocenters. The molecule has 1 aromatic carbocycles. The molecule has 0 bridgehead atoms. The van der Waals surface area contributed by atoms with Crippen LogP contribution in [-0.2, 0) is 19.6 Å². The van der Waals surface area contributed by atoms with Gasteiger partial charge in [-0.3, -0.25) is 4.79 Å². The number of hydrogen-bond acceptors (Lipinski definition) is 4. The summed E-state index contributed by atoms with van der Waals surface area (Å²) in [5.41, 5.74) is 4.83. The number of carbonyl (C=O) groups is 1. The second-order valence-electron chi connectivity index (χ2n) is 7.28. The fourth-order valence-corrected chi connectivity index (χ4v) is 5.69. The molecule has 1 heterocycles. The molecule has 1 saturated heterocycles. The van der Waals surface area contributed by atoms with Crippen molar-refractivity contribution >= 4 is 15.9 Å². The van der Waals surface area contributed by atoms with Gasteiger partial charge in [0.25, 0.3) is 5.91 Å². The smallest absolute Gasteiger partial charge is 0.251 e. The van der Waals surface area contributed by atoms with E-state index >= 15 is 0 Å². The first-order valence-electron chi connectivity index (χ1n) is 9.51. The Bertz CT molecular complexity index is 796. The van der Waals surface area contributed by atoms with Crippen LogP contribution in [0.15, 0.2) is 4.90 Å². The summed E-state index contributed by atoms with van der Waals surface area (Å²) in [6.07, 6.45) is -0.495. The van der Waals surface area contributed by atoms with Crippen molar-refractivity contribution in [2.75, 3.05) is 32.8 Å². The van der Waals surface area contributed by atoms with Crippen molar-refractivity contribution in [3.05, 3.63) is 27.8 Å². The maximum atomic E-state index is 13.4. The van der Waals surface area contributed by atoms with Gasteiger partial charge in [-0.2, -0.15) is 4.31 Å². The van der Waals surface area contributed by atoms with Crippen LogP contribution >= 0.6 is 0 Å². The van der Waals surface area contributed by atoms with E-state index in [-0.39, 0.29) is 5.91 Å². The van der Waals surface area contributed by atoms with E-state index < -0.39 is 16.1 Å². The SMILES string of the molecule is CCOC(C)C(=O)N1CCN(S(=O)(=O)c2c(C)c(C)c(C)c(C)c2C)CC1. The third-order valence-corrected chi connectivity index (χ3v) is 8.02. The standard InChI is InChI=1S/C20H32N2O4S/c1-8-26-18(7)20(23)21-9-11-22(12-10-21)27(24,25)19-16(5)14(3)13(2)15(4)17(19)6/h18H,8-12H2,1-7H3. The van der Waals surface area contributed by atoms with Crippen LogP contribution in [0.25, 0.3) is 0 Å². The molecule has 2 rings (SSSR count). The third kappa shape index (κ3) is 4.05. The number of hydrogen-bond donors (Lipinski definition) is 0. The van der Waals surface area contributed by atoms with Crippen LogP contribution in [0.4, 0.5) is 0 Å². The van der Waals surface area contributed by atoms with Gasteiger partial charge >= 0.3 is 0 Å². The predicted molar refractivity (Wildman–Crippen MR) is 107 cm³/mol. The molecular formula is C20H32N2O4S. The Balaban J connectivity index is 2.25. The number of nitrogens with zero attached hydrogens (tertiary/aromatic N) is 2. The maximum absolute atomic E-state index is 13.4. The van der Waals surface area contributed by atoms with E-state index in [1.807, 2.05) is 41.5 Å². The molecule has 1 amide bonds. The van der Waals surface area contributed by atoms with Crippen LogP contribution in [0.3, 0.4) is 0 Å². The van der Waals surface area contributed by atoms with Crippen molar-refractivity contribution in [2.24, 2.45) is 0 Å². The number of amides is 1. The van der Waals surface area contributed by atoms with Crippen LogP contribution in [0.2, 0.25) is 0 Å². The van der Waals surface area contributed by atoms with E-state index in [1.165, 1.54) is 4.31 Å². The molecule has 152 valence electrons. The lowest BCUT2D eigenvalue weighted by Crippen LogP contribution is -2.52. The Hall–Kier alpha value is -1.44. The monoisotopic (exact) mass is 396 g/mol. The lowest BCUT2D eigenvalue weighted by atomic mass is 9.95. The summed E-state index contributed by atoms with van der Waals surface area (Å²) < 4.78 is 33.6. The molecule has 6 nitrogen and oxygen atoms in total. The van der Waals surface area contributed by atoms with E-state index in [1.54, 1.807) is 11.8 Å². The zero-order valence-electron chi connectivity index (χ0n) is 17.5. The number of piperazine rings is 1. The van der Waals surface area contributed by atoms with Gasteiger partial charge in [-0.25, -0.2) is 8.42 Å². The lowest BCUT2D eigenvalue weighted by molar-refractivity contribution is -0.143. The van der Waals surface area contributed by atoms with Crippen molar-refractivity contribution in [3.8, 4) is 0 Å². The maximum Gasteiger partial charge on any atom is 0.251 e. The minimum absolute atomic E-state index is 0.0803. The van der Waals surface area contributed by atoms with Crippen LogP contribution in [0.1, 0.15) is 41.7 Å². The summed E-state index contributed by atoms with van der Waals surface area (Å²) in [6, 6.07) is 0. The van der Waals surface area contributed by atoms with Gasteiger partial charge in [0, 0.05) is 32.8 Å². The Morgan fingerprint density at radius 3 is 1.81 bits per heavy atom. The van der Waals surface area contributed by atoms with Crippen LogP contribution in [0, 0.1) is 34.6 Å². The Morgan fingerprint density at radius 1 is 0.926 bits per heavy atom. The first-order valence-corrected chi connectivity index (χ1v) is 11.0. The molecule has 1 aromatic rings. The number of carbonyl (C=O) groups excluding carboxylic acids is 1. The average molecular weight is 397 g/mol. The van der Waals surface area contributed by atoms with Gasteiger partial charge in [0.15, 0.2) is 0 Å². The average Bonchev–Trinajstić information content (AvgIpc) is 2.64. The molecule has 0 spiro atoms. The van der Waals surface area contributed by atoms with E-state index in [0.717, 1.165) is 27.8 Å². The lowest BCUT2D eigenvalue weighted by Gasteiger charge is -2.36. The summed E-state index contributed by atoms with van der Waals surface area (Å²) in [5.74, 6) is -0.0803. The van der Waals surface area contributed by atoms with Crippen LogP contribution < -0.4 is 0 Å². The highest BCUT2D eigenvalue weighted by molar-refractivity contribution is 7.89. The number of benzene rings is 1. The normalized spacial score (nSPS) is 17.2. The second-order valence-corrected chi connectivity index (χ2v) is 9.16. The minimum Gasteiger partial charge on any atom is -0.369 e. The molecular weight excluding hydrogens is 364 g/mol.